The van der Waals surface area contributed by atoms with Gasteiger partial charge in [-0.1, -0.05) is 18.2 Å². The number of aromatic amines is 1. The summed E-state index contributed by atoms with van der Waals surface area (Å²) in [5.41, 5.74) is 8.20. The van der Waals surface area contributed by atoms with Crippen molar-refractivity contribution in [2.24, 2.45) is 5.73 Å². The third-order valence-corrected chi connectivity index (χ3v) is 4.79. The normalized spacial score (nSPS) is 12.5. The number of aliphatic carboxylic acids is 1. The number of H-pyrrole nitrogens is 1. The van der Waals surface area contributed by atoms with Gasteiger partial charge in [0, 0.05) is 23.2 Å². The molecular weight excluding hydrogens is 508 g/mol. The Hall–Kier alpha value is -4.20. The van der Waals surface area contributed by atoms with Crippen LogP contribution in [0.25, 0.3) is 22.2 Å². The molecule has 4 rings (SSSR count). The zero-order valence-corrected chi connectivity index (χ0v) is 18.7. The number of alkyl halides is 6. The van der Waals surface area contributed by atoms with Crippen LogP contribution in [0, 0.1) is 0 Å². The first-order valence-corrected chi connectivity index (χ1v) is 10.4. The highest BCUT2D eigenvalue weighted by Crippen LogP contribution is 2.30. The van der Waals surface area contributed by atoms with Crippen LogP contribution in [0.5, 0.6) is 5.75 Å². The Kier molecular flexibility index (Phi) is 8.32. The Morgan fingerprint density at radius 3 is 2.46 bits per heavy atom. The highest BCUT2D eigenvalue weighted by molar-refractivity contribution is 5.81. The molecule has 196 valence electrons. The summed E-state index contributed by atoms with van der Waals surface area (Å²) in [6.07, 6.45) is -2.58. The molecule has 3 aromatic heterocycles. The number of benzene rings is 1. The van der Waals surface area contributed by atoms with E-state index in [-0.39, 0.29) is 13.0 Å². The van der Waals surface area contributed by atoms with Crippen LogP contribution in [0.1, 0.15) is 11.1 Å². The number of aromatic nitrogens is 4. The van der Waals surface area contributed by atoms with Crippen molar-refractivity contribution in [1.29, 1.82) is 0 Å². The molecule has 0 amide bonds. The number of nitrogens with one attached hydrogen (secondary N) is 1. The lowest BCUT2D eigenvalue weighted by Gasteiger charge is -2.15. The summed E-state index contributed by atoms with van der Waals surface area (Å²) in [6, 6.07) is 8.35. The Labute approximate surface area is 205 Å². The van der Waals surface area contributed by atoms with Crippen molar-refractivity contribution in [2.75, 3.05) is 6.61 Å². The maximum absolute atomic E-state index is 12.8. The summed E-state index contributed by atoms with van der Waals surface area (Å²) in [4.78, 5) is 17.5. The number of nitrogens with zero attached hydrogens (tertiary/aromatic N) is 3. The maximum atomic E-state index is 12.8. The van der Waals surface area contributed by atoms with Crippen LogP contribution in [0.15, 0.2) is 61.2 Å². The number of ether oxygens (including phenoxy) is 1. The lowest BCUT2D eigenvalue weighted by molar-refractivity contribution is -0.192. The number of carbonyl (C=O) groups is 1. The van der Waals surface area contributed by atoms with Gasteiger partial charge in [-0.15, -0.1) is 0 Å². The summed E-state index contributed by atoms with van der Waals surface area (Å²) in [5, 5.41) is 14.9. The number of nitrogens with two attached hydrogens (primary N) is 1. The van der Waals surface area contributed by atoms with Crippen LogP contribution in [0.3, 0.4) is 0 Å². The molecule has 1 aromatic carbocycles. The molecule has 3 heterocycles. The minimum atomic E-state index is -5.08. The maximum Gasteiger partial charge on any atom is 0.490 e. The van der Waals surface area contributed by atoms with Gasteiger partial charge in [0.25, 0.3) is 0 Å². The van der Waals surface area contributed by atoms with Crippen LogP contribution in [-0.4, -0.2) is 50.1 Å². The highest BCUT2D eigenvalue weighted by Gasteiger charge is 2.38. The van der Waals surface area contributed by atoms with Gasteiger partial charge in [0.2, 0.25) is 0 Å². The molecule has 37 heavy (non-hydrogen) atoms. The SMILES string of the molecule is N[C@H](COc1cncc(-c2cc3cn[nH]c3cn2)c1)Cc1cccc(C(F)(F)F)c1.O=C(O)C(F)(F)F. The number of pyridine rings is 2. The van der Waals surface area contributed by atoms with Gasteiger partial charge in [-0.3, -0.25) is 15.1 Å². The van der Waals surface area contributed by atoms with E-state index in [1.807, 2.05) is 6.07 Å². The summed E-state index contributed by atoms with van der Waals surface area (Å²) < 4.78 is 76.0. The fourth-order valence-electron chi connectivity index (χ4n) is 3.08. The Bertz CT molecular complexity index is 1360. The topological polar surface area (TPSA) is 127 Å². The van der Waals surface area contributed by atoms with Crippen molar-refractivity contribution < 1.29 is 41.0 Å². The van der Waals surface area contributed by atoms with E-state index < -0.39 is 29.9 Å². The molecule has 8 nitrogen and oxygen atoms in total. The molecule has 0 bridgehead atoms. The van der Waals surface area contributed by atoms with Crippen molar-refractivity contribution in [3.63, 3.8) is 0 Å². The molecule has 0 aliphatic rings. The monoisotopic (exact) mass is 527 g/mol. The Morgan fingerprint density at radius 2 is 1.78 bits per heavy atom. The number of carboxylic acid groups (broad SMARTS) is 1. The molecule has 0 spiro atoms. The molecule has 0 aliphatic heterocycles. The lowest BCUT2D eigenvalue weighted by atomic mass is 10.0. The van der Waals surface area contributed by atoms with Crippen molar-refractivity contribution in [3.8, 4) is 17.0 Å². The number of hydrogen-bond acceptors (Lipinski definition) is 6. The molecule has 1 atom stereocenters. The van der Waals surface area contributed by atoms with E-state index in [1.165, 1.54) is 6.07 Å². The van der Waals surface area contributed by atoms with E-state index in [0.717, 1.165) is 34.3 Å². The zero-order valence-electron chi connectivity index (χ0n) is 18.7. The van der Waals surface area contributed by atoms with Crippen LogP contribution in [0.4, 0.5) is 26.3 Å². The smallest absolute Gasteiger partial charge is 0.490 e. The van der Waals surface area contributed by atoms with Crippen molar-refractivity contribution >= 4 is 16.9 Å². The van der Waals surface area contributed by atoms with Crippen molar-refractivity contribution in [3.05, 3.63) is 72.3 Å². The van der Waals surface area contributed by atoms with E-state index in [2.05, 4.69) is 20.2 Å². The lowest BCUT2D eigenvalue weighted by Crippen LogP contribution is -2.30. The van der Waals surface area contributed by atoms with Gasteiger partial charge >= 0.3 is 18.3 Å². The highest BCUT2D eigenvalue weighted by atomic mass is 19.4. The second-order valence-corrected chi connectivity index (χ2v) is 7.71. The first-order chi connectivity index (χ1) is 17.3. The number of halogens is 6. The first kappa shape index (κ1) is 27.4. The Morgan fingerprint density at radius 1 is 1.05 bits per heavy atom. The minimum Gasteiger partial charge on any atom is -0.490 e. The van der Waals surface area contributed by atoms with E-state index >= 15 is 0 Å². The van der Waals surface area contributed by atoms with Gasteiger partial charge in [0.1, 0.15) is 12.4 Å². The van der Waals surface area contributed by atoms with Gasteiger partial charge in [0.15, 0.2) is 0 Å². The molecular formula is C23H19F6N5O3. The van der Waals surface area contributed by atoms with Gasteiger partial charge in [-0.05, 0) is 30.2 Å². The molecule has 0 saturated heterocycles. The molecule has 0 aliphatic carbocycles. The summed E-state index contributed by atoms with van der Waals surface area (Å²) in [6.45, 7) is 0.134. The first-order valence-electron chi connectivity index (χ1n) is 10.4. The fourth-order valence-corrected chi connectivity index (χ4v) is 3.08. The van der Waals surface area contributed by atoms with Gasteiger partial charge in [0.05, 0.1) is 35.4 Å². The quantitative estimate of drug-likeness (QED) is 0.312. The molecule has 0 radical (unpaired) electrons. The van der Waals surface area contributed by atoms with Crippen molar-refractivity contribution in [1.82, 2.24) is 20.2 Å². The predicted octanol–water partition coefficient (Wildman–Crippen LogP) is 4.62. The van der Waals surface area contributed by atoms with Crippen molar-refractivity contribution in [2.45, 2.75) is 24.8 Å². The van der Waals surface area contributed by atoms with Crippen LogP contribution in [0.2, 0.25) is 0 Å². The molecule has 4 N–H and O–H groups in total. The van der Waals surface area contributed by atoms with E-state index in [4.69, 9.17) is 20.4 Å². The number of hydrogen-bond donors (Lipinski definition) is 3. The van der Waals surface area contributed by atoms with E-state index in [1.54, 1.807) is 36.9 Å². The van der Waals surface area contributed by atoms with E-state index in [9.17, 15) is 26.3 Å². The molecule has 0 unspecified atom stereocenters. The summed E-state index contributed by atoms with van der Waals surface area (Å²) in [7, 11) is 0. The second-order valence-electron chi connectivity index (χ2n) is 7.71. The van der Waals surface area contributed by atoms with Crippen LogP contribution < -0.4 is 10.5 Å². The number of fused-ring (bicyclic) bond motifs is 1. The van der Waals surface area contributed by atoms with Gasteiger partial charge in [-0.2, -0.15) is 31.4 Å². The number of carboxylic acids is 1. The second kappa shape index (κ2) is 11.2. The molecule has 4 aromatic rings. The average molecular weight is 527 g/mol. The van der Waals surface area contributed by atoms with E-state index in [0.29, 0.717) is 11.3 Å². The third-order valence-electron chi connectivity index (χ3n) is 4.79. The largest absolute Gasteiger partial charge is 0.490 e. The minimum absolute atomic E-state index is 0.134. The fraction of sp³-hybridized carbons (Fsp3) is 0.217. The Balaban J connectivity index is 0.000000479. The van der Waals surface area contributed by atoms with Gasteiger partial charge < -0.3 is 15.6 Å². The summed E-state index contributed by atoms with van der Waals surface area (Å²) >= 11 is 0. The average Bonchev–Trinajstić information content (AvgIpc) is 3.30. The zero-order chi connectivity index (χ0) is 27.2. The summed E-state index contributed by atoms with van der Waals surface area (Å²) in [5.74, 6) is -2.26. The predicted molar refractivity (Wildman–Crippen MR) is 119 cm³/mol. The molecule has 0 saturated carbocycles. The van der Waals surface area contributed by atoms with Crippen LogP contribution >= 0.6 is 0 Å². The van der Waals surface area contributed by atoms with Gasteiger partial charge in [-0.25, -0.2) is 4.79 Å². The number of rotatable bonds is 6. The standard InChI is InChI=1S/C21H18F3N5O.C2HF3O2/c22-21(23,24)16-3-1-2-13(4-16)5-17(25)12-30-18-6-14(8-26-10-18)19-7-15-9-28-29-20(15)11-27-19;3-2(4,5)1(6)7/h1-4,6-11,17H,5,12,25H2,(H,28,29);(H,6,7)/t17-;/m0./s1. The molecule has 0 fully saturated rings. The van der Waals surface area contributed by atoms with Crippen LogP contribution in [-0.2, 0) is 17.4 Å². The third kappa shape index (κ3) is 7.90. The molecule has 14 heteroatoms.